The van der Waals surface area contributed by atoms with Gasteiger partial charge in [0.2, 0.25) is 11.8 Å². The minimum Gasteiger partial charge on any atom is -0.352 e. The van der Waals surface area contributed by atoms with Gasteiger partial charge in [-0.3, -0.25) is 13.9 Å². The van der Waals surface area contributed by atoms with Crippen molar-refractivity contribution in [2.75, 3.05) is 10.8 Å². The van der Waals surface area contributed by atoms with Crippen LogP contribution in [0.2, 0.25) is 15.1 Å². The molecule has 48 heavy (non-hydrogen) atoms. The maximum atomic E-state index is 14.7. The van der Waals surface area contributed by atoms with Crippen molar-refractivity contribution in [2.24, 2.45) is 0 Å². The van der Waals surface area contributed by atoms with Gasteiger partial charge in [0.25, 0.3) is 10.0 Å². The van der Waals surface area contributed by atoms with E-state index < -0.39 is 28.5 Å². The molecule has 2 amide bonds. The zero-order valence-electron chi connectivity index (χ0n) is 26.6. The first-order valence-electron chi connectivity index (χ1n) is 15.9. The van der Waals surface area contributed by atoms with Crippen LogP contribution in [0.5, 0.6) is 0 Å². The molecule has 0 bridgehead atoms. The van der Waals surface area contributed by atoms with Gasteiger partial charge in [-0.1, -0.05) is 120 Å². The lowest BCUT2D eigenvalue weighted by Gasteiger charge is -2.35. The lowest BCUT2D eigenvalue weighted by atomic mass is 9.94. The van der Waals surface area contributed by atoms with Crippen molar-refractivity contribution >= 4 is 62.3 Å². The second-order valence-corrected chi connectivity index (χ2v) is 15.2. The Bertz CT molecular complexity index is 1830. The highest BCUT2D eigenvalue weighted by Crippen LogP contribution is 2.31. The second kappa shape index (κ2) is 16.2. The van der Waals surface area contributed by atoms with Crippen molar-refractivity contribution in [1.29, 1.82) is 0 Å². The van der Waals surface area contributed by atoms with Gasteiger partial charge in [0.05, 0.1) is 25.7 Å². The van der Waals surface area contributed by atoms with Gasteiger partial charge in [-0.05, 0) is 67.3 Å². The van der Waals surface area contributed by atoms with Crippen molar-refractivity contribution in [2.45, 2.75) is 69.0 Å². The van der Waals surface area contributed by atoms with Crippen LogP contribution in [-0.4, -0.2) is 43.8 Å². The van der Waals surface area contributed by atoms with E-state index in [1.807, 2.05) is 37.3 Å². The van der Waals surface area contributed by atoms with E-state index in [1.165, 1.54) is 17.0 Å². The van der Waals surface area contributed by atoms with Crippen LogP contribution < -0.4 is 9.62 Å². The van der Waals surface area contributed by atoms with E-state index in [2.05, 4.69) is 5.32 Å². The molecule has 0 saturated heterocycles. The number of carbonyl (C=O) groups excluding carboxylic acids is 2. The second-order valence-electron chi connectivity index (χ2n) is 12.1. The summed E-state index contributed by atoms with van der Waals surface area (Å²) in [4.78, 5) is 30.4. The van der Waals surface area contributed by atoms with E-state index in [1.54, 1.807) is 54.6 Å². The molecular weight excluding hydrogens is 689 g/mol. The topological polar surface area (TPSA) is 86.8 Å². The first-order valence-corrected chi connectivity index (χ1v) is 18.5. The van der Waals surface area contributed by atoms with Gasteiger partial charge in [-0.15, -0.1) is 0 Å². The predicted molar refractivity (Wildman–Crippen MR) is 193 cm³/mol. The number of sulfonamides is 1. The lowest BCUT2D eigenvalue weighted by Crippen LogP contribution is -2.55. The maximum Gasteiger partial charge on any atom is 0.264 e. The van der Waals surface area contributed by atoms with E-state index in [0.717, 1.165) is 47.5 Å². The number of halogens is 3. The van der Waals surface area contributed by atoms with Crippen LogP contribution in [0.3, 0.4) is 0 Å². The normalized spacial score (nSPS) is 14.2. The molecule has 1 unspecified atom stereocenters. The molecule has 252 valence electrons. The number of nitrogens with zero attached hydrogens (tertiary/aromatic N) is 2. The van der Waals surface area contributed by atoms with E-state index in [4.69, 9.17) is 34.8 Å². The molecule has 1 aliphatic rings. The van der Waals surface area contributed by atoms with Gasteiger partial charge < -0.3 is 10.2 Å². The van der Waals surface area contributed by atoms with Crippen molar-refractivity contribution in [3.8, 4) is 0 Å². The largest absolute Gasteiger partial charge is 0.352 e. The van der Waals surface area contributed by atoms with E-state index in [-0.39, 0.29) is 40.5 Å². The zero-order chi connectivity index (χ0) is 34.3. The van der Waals surface area contributed by atoms with Crippen LogP contribution in [0.25, 0.3) is 0 Å². The average molecular weight is 727 g/mol. The third-order valence-corrected chi connectivity index (χ3v) is 11.4. The Kier molecular flexibility index (Phi) is 12.1. The molecule has 1 atom stereocenters. The first-order chi connectivity index (χ1) is 23.0. The molecule has 0 aliphatic heterocycles. The molecule has 0 aromatic heterocycles. The van der Waals surface area contributed by atoms with Gasteiger partial charge in [0.15, 0.2) is 0 Å². The van der Waals surface area contributed by atoms with Crippen LogP contribution in [0.15, 0.2) is 102 Å². The standard InChI is InChI=1S/C37H38Cl3N3O4S/c1-26-16-19-30(20-17-26)48(46,47)43(34-15-9-8-14-32(34)39)25-36(44)42(24-28-18-21-31(38)33(40)22-28)35(23-27-10-4-2-5-11-27)37(45)41-29-12-6-3-7-13-29/h2,4-5,8-11,14-22,29,35H,3,6-7,12-13,23-25H2,1H3,(H,41,45). The Morgan fingerprint density at radius 2 is 1.46 bits per heavy atom. The third-order valence-electron chi connectivity index (χ3n) is 8.57. The molecule has 11 heteroatoms. The number of amides is 2. The summed E-state index contributed by atoms with van der Waals surface area (Å²) in [6, 6.07) is 26.4. The fourth-order valence-electron chi connectivity index (χ4n) is 5.94. The number of para-hydroxylation sites is 1. The molecule has 4 aromatic rings. The zero-order valence-corrected chi connectivity index (χ0v) is 29.7. The van der Waals surface area contributed by atoms with Crippen LogP contribution >= 0.6 is 34.8 Å². The van der Waals surface area contributed by atoms with Crippen LogP contribution in [-0.2, 0) is 32.6 Å². The van der Waals surface area contributed by atoms with Gasteiger partial charge in [0, 0.05) is 19.0 Å². The molecule has 1 fully saturated rings. The van der Waals surface area contributed by atoms with Gasteiger partial charge >= 0.3 is 0 Å². The number of hydrogen-bond donors (Lipinski definition) is 1. The molecular formula is C37H38Cl3N3O4S. The summed E-state index contributed by atoms with van der Waals surface area (Å²) in [5, 5.41) is 4.01. The van der Waals surface area contributed by atoms with Crippen molar-refractivity contribution in [3.05, 3.63) is 129 Å². The van der Waals surface area contributed by atoms with Gasteiger partial charge in [-0.25, -0.2) is 8.42 Å². The number of rotatable bonds is 12. The fraction of sp³-hybridized carbons (Fsp3) is 0.297. The Labute approximate surface area is 297 Å². The number of aryl methyl sites for hydroxylation is 1. The van der Waals surface area contributed by atoms with Crippen molar-refractivity contribution < 1.29 is 18.0 Å². The monoisotopic (exact) mass is 725 g/mol. The van der Waals surface area contributed by atoms with Crippen LogP contribution in [0, 0.1) is 6.92 Å². The number of benzene rings is 4. The number of anilines is 1. The number of hydrogen-bond acceptors (Lipinski definition) is 4. The maximum absolute atomic E-state index is 14.7. The van der Waals surface area contributed by atoms with E-state index >= 15 is 0 Å². The van der Waals surface area contributed by atoms with Crippen molar-refractivity contribution in [1.82, 2.24) is 10.2 Å². The smallest absolute Gasteiger partial charge is 0.264 e. The molecule has 4 aromatic carbocycles. The molecule has 0 radical (unpaired) electrons. The summed E-state index contributed by atoms with van der Waals surface area (Å²) >= 11 is 19.2. The van der Waals surface area contributed by atoms with Gasteiger partial charge in [-0.2, -0.15) is 0 Å². The molecule has 5 rings (SSSR count). The molecule has 7 nitrogen and oxygen atoms in total. The quantitative estimate of drug-likeness (QED) is 0.159. The minimum absolute atomic E-state index is 0.00649. The van der Waals surface area contributed by atoms with Crippen molar-refractivity contribution in [3.63, 3.8) is 0 Å². The predicted octanol–water partition coefficient (Wildman–Crippen LogP) is 8.24. The molecule has 0 heterocycles. The summed E-state index contributed by atoms with van der Waals surface area (Å²) in [5.74, 6) is -0.888. The third kappa shape index (κ3) is 8.91. The first kappa shape index (κ1) is 35.7. The Hall–Kier alpha value is -3.56. The summed E-state index contributed by atoms with van der Waals surface area (Å²) < 4.78 is 29.5. The summed E-state index contributed by atoms with van der Waals surface area (Å²) in [6.45, 7) is 1.23. The van der Waals surface area contributed by atoms with E-state index in [9.17, 15) is 18.0 Å². The lowest BCUT2D eigenvalue weighted by molar-refractivity contribution is -0.140. The highest BCUT2D eigenvalue weighted by atomic mass is 35.5. The highest BCUT2D eigenvalue weighted by molar-refractivity contribution is 7.92. The Morgan fingerprint density at radius 1 is 0.792 bits per heavy atom. The molecule has 1 saturated carbocycles. The Balaban J connectivity index is 1.58. The van der Waals surface area contributed by atoms with Crippen LogP contribution in [0.1, 0.15) is 48.8 Å². The summed E-state index contributed by atoms with van der Waals surface area (Å²) in [7, 11) is -4.27. The summed E-state index contributed by atoms with van der Waals surface area (Å²) in [6.07, 6.45) is 5.09. The SMILES string of the molecule is Cc1ccc(S(=O)(=O)N(CC(=O)N(Cc2ccc(Cl)c(Cl)c2)C(Cc2ccccc2)C(=O)NC2CCCCC2)c2ccccc2Cl)cc1. The highest BCUT2D eigenvalue weighted by Gasteiger charge is 2.36. The average Bonchev–Trinajstić information content (AvgIpc) is 3.08. The summed E-state index contributed by atoms with van der Waals surface area (Å²) in [5.41, 5.74) is 2.51. The van der Waals surface area contributed by atoms with Crippen LogP contribution in [0.4, 0.5) is 5.69 Å². The minimum atomic E-state index is -4.27. The molecule has 0 spiro atoms. The number of carbonyl (C=O) groups is 2. The number of nitrogens with one attached hydrogen (secondary N) is 1. The molecule has 1 N–H and O–H groups in total. The van der Waals surface area contributed by atoms with E-state index in [0.29, 0.717) is 15.6 Å². The Morgan fingerprint density at radius 3 is 2.12 bits per heavy atom. The molecule has 1 aliphatic carbocycles. The van der Waals surface area contributed by atoms with Gasteiger partial charge in [0.1, 0.15) is 12.6 Å². The fourth-order valence-corrected chi connectivity index (χ4v) is 7.98.